The number of hydrogen-bond acceptors (Lipinski definition) is 4. The molecule has 0 heterocycles. The Bertz CT molecular complexity index is 1140. The Kier molecular flexibility index (Phi) is 3.91. The van der Waals surface area contributed by atoms with E-state index in [-0.39, 0.29) is 30.0 Å². The zero-order valence-electron chi connectivity index (χ0n) is 15.9. The van der Waals surface area contributed by atoms with E-state index in [0.717, 1.165) is 16.3 Å². The molecule has 0 bridgehead atoms. The maximum Gasteiger partial charge on any atom is 0.176 e. The van der Waals surface area contributed by atoms with Gasteiger partial charge in [-0.25, -0.2) is 0 Å². The molecule has 0 aliphatic heterocycles. The first-order valence-electron chi connectivity index (χ1n) is 9.31. The monoisotopic (exact) mass is 368 g/mol. The van der Waals surface area contributed by atoms with E-state index >= 15 is 0 Å². The van der Waals surface area contributed by atoms with Gasteiger partial charge in [-0.3, -0.25) is 4.79 Å². The summed E-state index contributed by atoms with van der Waals surface area (Å²) in [6.45, 7) is 3.82. The fourth-order valence-electron chi connectivity index (χ4n) is 4.52. The van der Waals surface area contributed by atoms with Crippen molar-refractivity contribution in [3.63, 3.8) is 0 Å². The Morgan fingerprint density at radius 2 is 1.75 bits per heavy atom. The van der Waals surface area contributed by atoms with Crippen LogP contribution in [0.2, 0.25) is 0 Å². The van der Waals surface area contributed by atoms with Crippen LogP contribution < -0.4 is 0 Å². The van der Waals surface area contributed by atoms with E-state index < -0.39 is 16.7 Å². The number of aliphatic hydroxyl groups excluding tert-OH is 1. The summed E-state index contributed by atoms with van der Waals surface area (Å²) in [5, 5.41) is 33.1. The average molecular weight is 368 g/mol. The Labute approximate surface area is 164 Å². The zero-order valence-corrected chi connectivity index (χ0v) is 15.9. The predicted molar refractivity (Wildman–Crippen MR) is 106 cm³/mol. The molecule has 4 nitrogen and oxygen atoms in total. The zero-order chi connectivity index (χ0) is 20.1. The molecule has 1 unspecified atom stereocenters. The number of rotatable bonds is 1. The van der Waals surface area contributed by atoms with Gasteiger partial charge >= 0.3 is 0 Å². The van der Waals surface area contributed by atoms with Crippen LogP contribution in [0.15, 0.2) is 65.4 Å². The highest BCUT2D eigenvalue weighted by Gasteiger charge is 2.53. The van der Waals surface area contributed by atoms with E-state index in [1.54, 1.807) is 0 Å². The Morgan fingerprint density at radius 3 is 2.43 bits per heavy atom. The van der Waals surface area contributed by atoms with Crippen LogP contribution in [0.5, 0.6) is 0 Å². The summed E-state index contributed by atoms with van der Waals surface area (Å²) in [6.07, 6.45) is 2.18. The van der Waals surface area contributed by atoms with E-state index in [0.29, 0.717) is 5.57 Å². The molecule has 1 atom stereocenters. The number of carbonyl (C=O) groups excluding carboxylic acids is 1. The van der Waals surface area contributed by atoms with Gasteiger partial charge in [0, 0.05) is 18.8 Å². The first-order valence-corrected chi connectivity index (χ1v) is 9.31. The molecule has 2 aliphatic carbocycles. The molecule has 138 valence electrons. The minimum atomic E-state index is -1.52. The summed E-state index contributed by atoms with van der Waals surface area (Å²) >= 11 is 0. The number of nitriles is 2. The molecule has 2 aliphatic rings. The number of carbonyl (C=O) groups is 1. The van der Waals surface area contributed by atoms with Crippen molar-refractivity contribution in [1.29, 1.82) is 10.5 Å². The number of nitrogens with zero attached hydrogens (tertiary/aromatic N) is 2. The fourth-order valence-corrected chi connectivity index (χ4v) is 4.52. The largest absolute Gasteiger partial charge is 0.512 e. The molecule has 1 N–H and O–H groups in total. The van der Waals surface area contributed by atoms with Crippen LogP contribution in [-0.4, -0.2) is 10.9 Å². The first kappa shape index (κ1) is 18.0. The minimum absolute atomic E-state index is 0.0222. The number of hydrogen-bond donors (Lipinski definition) is 1. The summed E-state index contributed by atoms with van der Waals surface area (Å²) in [6, 6.07) is 18.2. The van der Waals surface area contributed by atoms with E-state index in [2.05, 4.69) is 12.1 Å². The van der Waals surface area contributed by atoms with Gasteiger partial charge in [-0.2, -0.15) is 10.5 Å². The molecule has 0 fully saturated rings. The van der Waals surface area contributed by atoms with Crippen molar-refractivity contribution < 1.29 is 9.90 Å². The molecule has 0 amide bonds. The summed E-state index contributed by atoms with van der Waals surface area (Å²) in [5.41, 5.74) is -0.651. The molecular formula is C24H20N2O2. The molecule has 4 heteroatoms. The van der Waals surface area contributed by atoms with Gasteiger partial charge in [-0.05, 0) is 27.3 Å². The third kappa shape index (κ3) is 2.53. The maximum atomic E-state index is 12.7. The summed E-state index contributed by atoms with van der Waals surface area (Å²) in [7, 11) is 0. The number of allylic oxidation sites excluding steroid dienone is 4. The van der Waals surface area contributed by atoms with E-state index in [9.17, 15) is 20.4 Å². The Hall–Kier alpha value is -3.37. The second kappa shape index (κ2) is 6.08. The van der Waals surface area contributed by atoms with Gasteiger partial charge in [0.15, 0.2) is 11.2 Å². The molecule has 0 aromatic heterocycles. The summed E-state index contributed by atoms with van der Waals surface area (Å²) in [4.78, 5) is 12.7. The van der Waals surface area contributed by atoms with Crippen molar-refractivity contribution in [3.05, 3.63) is 71.0 Å². The summed E-state index contributed by atoms with van der Waals surface area (Å²) < 4.78 is 0. The second-order valence-electron chi connectivity index (χ2n) is 8.36. The lowest BCUT2D eigenvalue weighted by Gasteiger charge is -2.41. The minimum Gasteiger partial charge on any atom is -0.512 e. The van der Waals surface area contributed by atoms with Gasteiger partial charge in [-0.1, -0.05) is 62.4 Å². The van der Waals surface area contributed by atoms with Crippen LogP contribution in [0.1, 0.15) is 38.2 Å². The standard InChI is InChI=1S/C24H20N2O2/c1-23(2)11-19-22(21(28)12-23)20(27)10-18(24(19,13-25)14-26)17-8-7-15-5-3-4-6-16(15)9-17/h3-9,11,18,27H,10,12H2,1-2H3. The lowest BCUT2D eigenvalue weighted by molar-refractivity contribution is -0.117. The van der Waals surface area contributed by atoms with Crippen LogP contribution in [-0.2, 0) is 4.79 Å². The molecule has 0 spiro atoms. The van der Waals surface area contributed by atoms with Gasteiger partial charge in [-0.15, -0.1) is 0 Å². The Morgan fingerprint density at radius 1 is 1.07 bits per heavy atom. The highest BCUT2D eigenvalue weighted by molar-refractivity contribution is 6.03. The average Bonchev–Trinajstić information content (AvgIpc) is 2.66. The molecule has 28 heavy (non-hydrogen) atoms. The highest BCUT2D eigenvalue weighted by atomic mass is 16.3. The lowest BCUT2D eigenvalue weighted by Crippen LogP contribution is -2.39. The first-order chi connectivity index (χ1) is 13.3. The Balaban J connectivity index is 1.97. The van der Waals surface area contributed by atoms with Gasteiger partial charge in [0.25, 0.3) is 0 Å². The van der Waals surface area contributed by atoms with E-state index in [1.807, 2.05) is 62.4 Å². The third-order valence-corrected chi connectivity index (χ3v) is 5.86. The lowest BCUT2D eigenvalue weighted by atomic mass is 9.58. The van der Waals surface area contributed by atoms with Crippen molar-refractivity contribution >= 4 is 16.6 Å². The number of benzene rings is 2. The molecule has 0 saturated heterocycles. The predicted octanol–water partition coefficient (Wildman–Crippen LogP) is 5.10. The van der Waals surface area contributed by atoms with Crippen molar-refractivity contribution in [3.8, 4) is 12.1 Å². The van der Waals surface area contributed by atoms with Crippen LogP contribution in [0.3, 0.4) is 0 Å². The van der Waals surface area contributed by atoms with E-state index in [1.165, 1.54) is 0 Å². The van der Waals surface area contributed by atoms with Crippen LogP contribution in [0, 0.1) is 33.5 Å². The SMILES string of the molecule is CC1(C)C=C2C(=C(O)CC(c3ccc4ccccc4c3)C2(C#N)C#N)C(=O)C1. The van der Waals surface area contributed by atoms with Crippen molar-refractivity contribution in [2.24, 2.45) is 10.8 Å². The topological polar surface area (TPSA) is 84.9 Å². The fraction of sp³-hybridized carbons (Fsp3) is 0.292. The molecule has 2 aromatic carbocycles. The number of aliphatic hydroxyl groups is 1. The van der Waals surface area contributed by atoms with Crippen molar-refractivity contribution in [2.45, 2.75) is 32.6 Å². The van der Waals surface area contributed by atoms with Crippen molar-refractivity contribution in [2.75, 3.05) is 0 Å². The van der Waals surface area contributed by atoms with Gasteiger partial charge < -0.3 is 5.11 Å². The number of Topliss-reactive ketones (excluding diaryl/α,β-unsaturated/α-hetero) is 1. The van der Waals surface area contributed by atoms with Gasteiger partial charge in [0.05, 0.1) is 17.7 Å². The van der Waals surface area contributed by atoms with Crippen LogP contribution in [0.4, 0.5) is 0 Å². The van der Waals surface area contributed by atoms with Crippen LogP contribution >= 0.6 is 0 Å². The molecule has 4 rings (SSSR count). The third-order valence-electron chi connectivity index (χ3n) is 5.86. The second-order valence-corrected chi connectivity index (χ2v) is 8.36. The number of ketones is 1. The molecule has 0 radical (unpaired) electrons. The van der Waals surface area contributed by atoms with E-state index in [4.69, 9.17) is 0 Å². The van der Waals surface area contributed by atoms with Crippen LogP contribution in [0.25, 0.3) is 10.8 Å². The quantitative estimate of drug-likeness (QED) is 0.759. The molecule has 0 saturated carbocycles. The molecule has 2 aromatic rings. The molecular weight excluding hydrogens is 348 g/mol. The smallest absolute Gasteiger partial charge is 0.176 e. The normalized spacial score (nSPS) is 22.8. The highest BCUT2D eigenvalue weighted by Crippen LogP contribution is 2.55. The maximum absolute atomic E-state index is 12.7. The number of fused-ring (bicyclic) bond motifs is 2. The van der Waals surface area contributed by atoms with Crippen molar-refractivity contribution in [1.82, 2.24) is 0 Å². The summed E-state index contributed by atoms with van der Waals surface area (Å²) in [5.74, 6) is -0.776. The van der Waals surface area contributed by atoms with Gasteiger partial charge in [0.2, 0.25) is 0 Å². The van der Waals surface area contributed by atoms with Gasteiger partial charge in [0.1, 0.15) is 5.76 Å².